The summed E-state index contributed by atoms with van der Waals surface area (Å²) in [6.45, 7) is 12.0. The first-order valence-electron chi connectivity index (χ1n) is 8.29. The van der Waals surface area contributed by atoms with Crippen LogP contribution in [0.2, 0.25) is 0 Å². The Kier molecular flexibility index (Phi) is 3.25. The third kappa shape index (κ3) is 1.98. The SMILES string of the molecule is CC(C)Cn1ncnc1CC1(O)C2(C)CCC(C2)C1(C)C. The van der Waals surface area contributed by atoms with E-state index >= 15 is 0 Å². The Morgan fingerprint density at radius 2 is 2.10 bits per heavy atom. The molecule has 2 saturated carbocycles. The first kappa shape index (κ1) is 15.0. The van der Waals surface area contributed by atoms with Gasteiger partial charge in [-0.15, -0.1) is 0 Å². The highest BCUT2D eigenvalue weighted by Crippen LogP contribution is 2.68. The molecule has 2 bridgehead atoms. The minimum absolute atomic E-state index is 0.0236. The lowest BCUT2D eigenvalue weighted by atomic mass is 9.59. The van der Waals surface area contributed by atoms with E-state index in [1.807, 2.05) is 4.68 Å². The van der Waals surface area contributed by atoms with Crippen LogP contribution in [0.15, 0.2) is 6.33 Å². The fourth-order valence-electron chi connectivity index (χ4n) is 4.94. The van der Waals surface area contributed by atoms with Gasteiger partial charge in [-0.2, -0.15) is 5.10 Å². The molecule has 2 aliphatic carbocycles. The molecule has 1 aromatic heterocycles. The molecule has 3 atom stereocenters. The Hall–Kier alpha value is -0.900. The number of hydrogen-bond donors (Lipinski definition) is 1. The smallest absolute Gasteiger partial charge is 0.138 e. The zero-order valence-corrected chi connectivity index (χ0v) is 14.1. The molecule has 0 saturated heterocycles. The highest BCUT2D eigenvalue weighted by Gasteiger charge is 2.68. The van der Waals surface area contributed by atoms with Crippen LogP contribution in [0.3, 0.4) is 0 Å². The molecule has 2 aliphatic rings. The fraction of sp³-hybridized carbons (Fsp3) is 0.882. The lowest BCUT2D eigenvalue weighted by Gasteiger charge is -2.50. The summed E-state index contributed by atoms with van der Waals surface area (Å²) in [7, 11) is 0. The molecule has 0 aromatic carbocycles. The normalized spacial score (nSPS) is 37.6. The molecular formula is C17H29N3O. The van der Waals surface area contributed by atoms with Crippen LogP contribution in [-0.4, -0.2) is 25.5 Å². The number of nitrogens with zero attached hydrogens (tertiary/aromatic N) is 3. The lowest BCUT2D eigenvalue weighted by Crippen LogP contribution is -2.56. The molecule has 0 amide bonds. The molecule has 4 heteroatoms. The van der Waals surface area contributed by atoms with E-state index in [0.29, 0.717) is 18.3 Å². The van der Waals surface area contributed by atoms with Crippen molar-refractivity contribution in [1.82, 2.24) is 14.8 Å². The van der Waals surface area contributed by atoms with Gasteiger partial charge in [0.25, 0.3) is 0 Å². The maximum absolute atomic E-state index is 11.6. The topological polar surface area (TPSA) is 50.9 Å². The van der Waals surface area contributed by atoms with Crippen molar-refractivity contribution in [3.63, 3.8) is 0 Å². The summed E-state index contributed by atoms with van der Waals surface area (Å²) in [6.07, 6.45) is 5.79. The molecule has 2 fully saturated rings. The quantitative estimate of drug-likeness (QED) is 0.927. The van der Waals surface area contributed by atoms with E-state index in [4.69, 9.17) is 0 Å². The fourth-order valence-corrected chi connectivity index (χ4v) is 4.94. The molecule has 1 heterocycles. The van der Waals surface area contributed by atoms with Gasteiger partial charge in [0, 0.05) is 13.0 Å². The highest BCUT2D eigenvalue weighted by atomic mass is 16.3. The van der Waals surface area contributed by atoms with E-state index in [2.05, 4.69) is 44.7 Å². The van der Waals surface area contributed by atoms with Gasteiger partial charge < -0.3 is 5.11 Å². The summed E-state index contributed by atoms with van der Waals surface area (Å²) in [6, 6.07) is 0. The van der Waals surface area contributed by atoms with Gasteiger partial charge in [0.05, 0.1) is 5.60 Å². The van der Waals surface area contributed by atoms with E-state index in [-0.39, 0.29) is 10.8 Å². The monoisotopic (exact) mass is 291 g/mol. The minimum Gasteiger partial charge on any atom is -0.388 e. The molecule has 3 unspecified atom stereocenters. The van der Waals surface area contributed by atoms with Crippen molar-refractivity contribution in [2.75, 3.05) is 0 Å². The van der Waals surface area contributed by atoms with E-state index in [9.17, 15) is 5.11 Å². The van der Waals surface area contributed by atoms with Crippen LogP contribution in [0.5, 0.6) is 0 Å². The van der Waals surface area contributed by atoms with Crippen LogP contribution >= 0.6 is 0 Å². The maximum Gasteiger partial charge on any atom is 0.138 e. The molecule has 4 nitrogen and oxygen atoms in total. The van der Waals surface area contributed by atoms with Gasteiger partial charge in [-0.25, -0.2) is 9.67 Å². The maximum atomic E-state index is 11.6. The molecule has 118 valence electrons. The van der Waals surface area contributed by atoms with Gasteiger partial charge in [-0.1, -0.05) is 34.6 Å². The van der Waals surface area contributed by atoms with Gasteiger partial charge in [0.2, 0.25) is 0 Å². The Balaban J connectivity index is 1.92. The van der Waals surface area contributed by atoms with E-state index in [1.54, 1.807) is 6.33 Å². The van der Waals surface area contributed by atoms with Crippen LogP contribution in [-0.2, 0) is 13.0 Å². The summed E-state index contributed by atoms with van der Waals surface area (Å²) in [5.74, 6) is 2.10. The van der Waals surface area contributed by atoms with E-state index in [1.165, 1.54) is 6.42 Å². The summed E-state index contributed by atoms with van der Waals surface area (Å²) in [5.41, 5.74) is -0.699. The molecule has 1 aromatic rings. The van der Waals surface area contributed by atoms with Crippen molar-refractivity contribution in [2.45, 2.75) is 72.4 Å². The zero-order valence-electron chi connectivity index (χ0n) is 14.1. The van der Waals surface area contributed by atoms with E-state index < -0.39 is 5.60 Å². The second kappa shape index (κ2) is 4.55. The Morgan fingerprint density at radius 1 is 1.38 bits per heavy atom. The van der Waals surface area contributed by atoms with E-state index in [0.717, 1.165) is 25.2 Å². The summed E-state index contributed by atoms with van der Waals surface area (Å²) >= 11 is 0. The van der Waals surface area contributed by atoms with Crippen molar-refractivity contribution in [3.05, 3.63) is 12.2 Å². The average molecular weight is 291 g/mol. The van der Waals surface area contributed by atoms with Crippen LogP contribution in [0, 0.1) is 22.7 Å². The summed E-state index contributed by atoms with van der Waals surface area (Å²) in [5, 5.41) is 16.0. The van der Waals surface area contributed by atoms with Crippen molar-refractivity contribution in [2.24, 2.45) is 22.7 Å². The predicted octanol–water partition coefficient (Wildman–Crippen LogP) is 3.05. The third-order valence-electron chi connectivity index (χ3n) is 6.47. The first-order chi connectivity index (χ1) is 9.70. The summed E-state index contributed by atoms with van der Waals surface area (Å²) in [4.78, 5) is 4.45. The van der Waals surface area contributed by atoms with Gasteiger partial charge in [0.1, 0.15) is 12.2 Å². The Labute approximate surface area is 128 Å². The third-order valence-corrected chi connectivity index (χ3v) is 6.47. The minimum atomic E-state index is -0.676. The first-order valence-corrected chi connectivity index (χ1v) is 8.29. The molecule has 3 rings (SSSR count). The molecular weight excluding hydrogens is 262 g/mol. The van der Waals surface area contributed by atoms with Gasteiger partial charge in [-0.05, 0) is 41.9 Å². The molecule has 1 N–H and O–H groups in total. The molecule has 0 spiro atoms. The summed E-state index contributed by atoms with van der Waals surface area (Å²) < 4.78 is 1.98. The zero-order chi connectivity index (χ0) is 15.5. The van der Waals surface area contributed by atoms with Crippen molar-refractivity contribution >= 4 is 0 Å². The van der Waals surface area contributed by atoms with Crippen molar-refractivity contribution in [3.8, 4) is 0 Å². The standard InChI is InChI=1S/C17H29N3O/c1-12(2)10-20-14(18-11-19-20)9-17(21)15(3,4)13-6-7-16(17,5)8-13/h11-13,21H,6-10H2,1-5H3. The van der Waals surface area contributed by atoms with Crippen LogP contribution in [0.25, 0.3) is 0 Å². The van der Waals surface area contributed by atoms with Crippen molar-refractivity contribution in [1.29, 1.82) is 0 Å². The number of hydrogen-bond acceptors (Lipinski definition) is 3. The van der Waals surface area contributed by atoms with Gasteiger partial charge >= 0.3 is 0 Å². The van der Waals surface area contributed by atoms with Gasteiger partial charge in [0.15, 0.2) is 0 Å². The number of fused-ring (bicyclic) bond motifs is 2. The largest absolute Gasteiger partial charge is 0.388 e. The highest BCUT2D eigenvalue weighted by molar-refractivity contribution is 5.20. The Bertz CT molecular complexity index is 529. The van der Waals surface area contributed by atoms with Crippen LogP contribution in [0.1, 0.15) is 59.7 Å². The lowest BCUT2D eigenvalue weighted by molar-refractivity contribution is -0.143. The average Bonchev–Trinajstić information content (AvgIpc) is 2.99. The molecule has 21 heavy (non-hydrogen) atoms. The second-order valence-electron chi connectivity index (χ2n) is 8.51. The second-order valence-corrected chi connectivity index (χ2v) is 8.51. The number of aromatic nitrogens is 3. The Morgan fingerprint density at radius 3 is 2.67 bits per heavy atom. The number of rotatable bonds is 4. The van der Waals surface area contributed by atoms with Crippen molar-refractivity contribution < 1.29 is 5.11 Å². The number of aliphatic hydroxyl groups is 1. The predicted molar refractivity (Wildman–Crippen MR) is 82.7 cm³/mol. The van der Waals surface area contributed by atoms with Gasteiger partial charge in [-0.3, -0.25) is 0 Å². The van der Waals surface area contributed by atoms with Crippen LogP contribution in [0.4, 0.5) is 0 Å². The molecule has 0 aliphatic heterocycles. The van der Waals surface area contributed by atoms with Crippen LogP contribution < -0.4 is 0 Å². The molecule has 0 radical (unpaired) electrons.